The van der Waals surface area contributed by atoms with E-state index in [2.05, 4.69) is 15.2 Å². The van der Waals surface area contributed by atoms with Crippen molar-refractivity contribution >= 4 is 28.3 Å². The summed E-state index contributed by atoms with van der Waals surface area (Å²) in [5.74, 6) is -0.159. The molecule has 0 spiro atoms. The molecule has 202 valence electrons. The lowest BCUT2D eigenvalue weighted by Crippen LogP contribution is -2.30. The number of nitrogens with zero attached hydrogens (tertiary/aromatic N) is 4. The number of hydrogen-bond acceptors (Lipinski definition) is 9. The Bertz CT molecular complexity index is 1430. The molecule has 2 aromatic carbocycles. The lowest BCUT2D eigenvalue weighted by atomic mass is 9.96. The first-order chi connectivity index (χ1) is 18.2. The van der Waals surface area contributed by atoms with E-state index in [4.69, 9.17) is 14.2 Å². The molecular formula is C26H27F3N4O4S. The van der Waals surface area contributed by atoms with Crippen LogP contribution in [0.25, 0.3) is 5.57 Å². The lowest BCUT2D eigenvalue weighted by molar-refractivity contribution is -0.138. The number of benzene rings is 2. The van der Waals surface area contributed by atoms with E-state index in [0.29, 0.717) is 52.5 Å². The summed E-state index contributed by atoms with van der Waals surface area (Å²) in [7, 11) is 4.49. The first-order valence-electron chi connectivity index (χ1n) is 11.7. The van der Waals surface area contributed by atoms with Gasteiger partial charge in [-0.25, -0.2) is 0 Å². The van der Waals surface area contributed by atoms with Gasteiger partial charge in [-0.15, -0.1) is 0 Å². The fourth-order valence-corrected chi connectivity index (χ4v) is 5.11. The van der Waals surface area contributed by atoms with Crippen LogP contribution in [0.15, 0.2) is 46.6 Å². The molecule has 0 radical (unpaired) electrons. The third kappa shape index (κ3) is 6.14. The van der Waals surface area contributed by atoms with E-state index in [0.717, 1.165) is 11.6 Å². The van der Waals surface area contributed by atoms with Crippen LogP contribution in [0, 0.1) is 0 Å². The van der Waals surface area contributed by atoms with E-state index in [9.17, 15) is 18.3 Å². The molecule has 1 aliphatic heterocycles. The Morgan fingerprint density at radius 2 is 1.76 bits per heavy atom. The number of halogens is 3. The summed E-state index contributed by atoms with van der Waals surface area (Å²) in [4.78, 5) is 6.63. The zero-order valence-electron chi connectivity index (χ0n) is 21.1. The summed E-state index contributed by atoms with van der Waals surface area (Å²) in [5.41, 5.74) is 0.454. The van der Waals surface area contributed by atoms with Crippen molar-refractivity contribution < 1.29 is 32.5 Å². The van der Waals surface area contributed by atoms with Gasteiger partial charge in [-0.3, -0.25) is 0 Å². The van der Waals surface area contributed by atoms with Gasteiger partial charge in [0.05, 0.1) is 42.3 Å². The van der Waals surface area contributed by atoms with Crippen LogP contribution in [0.3, 0.4) is 0 Å². The Hall–Kier alpha value is -3.48. The topological polar surface area (TPSA) is 88.8 Å². The molecule has 12 heteroatoms. The predicted molar refractivity (Wildman–Crippen MR) is 139 cm³/mol. The number of thiazole rings is 1. The summed E-state index contributed by atoms with van der Waals surface area (Å²) in [6.07, 6.45) is -3.13. The van der Waals surface area contributed by atoms with E-state index in [1.807, 2.05) is 4.90 Å². The molecule has 0 amide bonds. The van der Waals surface area contributed by atoms with Crippen LogP contribution in [-0.4, -0.2) is 63.9 Å². The van der Waals surface area contributed by atoms with E-state index in [1.165, 1.54) is 30.6 Å². The number of rotatable bonds is 11. The molecule has 1 aromatic heterocycles. The number of aromatic hydroxyl groups is 1. The van der Waals surface area contributed by atoms with Gasteiger partial charge in [-0.05, 0) is 40.6 Å². The summed E-state index contributed by atoms with van der Waals surface area (Å²) < 4.78 is 57.6. The van der Waals surface area contributed by atoms with Crippen LogP contribution in [0.2, 0.25) is 0 Å². The zero-order valence-corrected chi connectivity index (χ0v) is 21.9. The molecule has 0 bridgehead atoms. The smallest absolute Gasteiger partial charge is 0.416 e. The quantitative estimate of drug-likeness (QED) is 0.395. The second-order valence-corrected chi connectivity index (χ2v) is 9.39. The molecule has 38 heavy (non-hydrogen) atoms. The Morgan fingerprint density at radius 1 is 1.03 bits per heavy atom. The molecule has 3 aromatic rings. The zero-order chi connectivity index (χ0) is 27.3. The van der Waals surface area contributed by atoms with Crippen molar-refractivity contribution in [3.8, 4) is 11.6 Å². The van der Waals surface area contributed by atoms with Gasteiger partial charge >= 0.3 is 6.18 Å². The molecule has 0 unspecified atom stereocenters. The van der Waals surface area contributed by atoms with Gasteiger partial charge < -0.3 is 24.2 Å². The number of ether oxygens (including phenoxy) is 3. The highest BCUT2D eigenvalue weighted by Gasteiger charge is 2.34. The summed E-state index contributed by atoms with van der Waals surface area (Å²) in [6, 6.07) is 9.18. The maximum absolute atomic E-state index is 14.0. The van der Waals surface area contributed by atoms with E-state index in [-0.39, 0.29) is 23.6 Å². The number of anilines is 1. The molecule has 8 nitrogen and oxygen atoms in total. The second kappa shape index (κ2) is 11.9. The minimum atomic E-state index is -4.60. The van der Waals surface area contributed by atoms with Crippen molar-refractivity contribution in [2.45, 2.75) is 12.6 Å². The first kappa shape index (κ1) is 27.6. The van der Waals surface area contributed by atoms with Gasteiger partial charge in [0.2, 0.25) is 5.88 Å². The molecule has 0 saturated heterocycles. The van der Waals surface area contributed by atoms with Crippen molar-refractivity contribution in [2.75, 3.05) is 52.5 Å². The Kier molecular flexibility index (Phi) is 8.65. The van der Waals surface area contributed by atoms with Crippen molar-refractivity contribution in [3.05, 3.63) is 68.5 Å². The monoisotopic (exact) mass is 548 g/mol. The van der Waals surface area contributed by atoms with Gasteiger partial charge in [-0.2, -0.15) is 28.4 Å². The molecule has 0 aliphatic carbocycles. The highest BCUT2D eigenvalue weighted by Crippen LogP contribution is 2.39. The van der Waals surface area contributed by atoms with Crippen LogP contribution in [-0.2, 0) is 22.1 Å². The maximum Gasteiger partial charge on any atom is 0.416 e. The SMILES string of the molecule is COCCN(CCOC)c1nc(O)c(C(Cc2ccc(OC)cc2C(F)(F)F)=c2ccc3c(c2)C=NN=3)s1. The van der Waals surface area contributed by atoms with Crippen molar-refractivity contribution in [2.24, 2.45) is 10.2 Å². The highest BCUT2D eigenvalue weighted by molar-refractivity contribution is 7.17. The molecule has 0 saturated carbocycles. The van der Waals surface area contributed by atoms with Gasteiger partial charge in [0.1, 0.15) is 5.75 Å². The number of hydrogen-bond donors (Lipinski definition) is 1. The summed E-state index contributed by atoms with van der Waals surface area (Å²) >= 11 is 1.20. The molecule has 0 atom stereocenters. The average molecular weight is 549 g/mol. The Labute approximate surface area is 221 Å². The molecule has 1 N–H and O–H groups in total. The van der Waals surface area contributed by atoms with Gasteiger partial charge in [0.25, 0.3) is 0 Å². The minimum Gasteiger partial charge on any atom is -0.497 e. The molecule has 2 heterocycles. The molecular weight excluding hydrogens is 521 g/mol. The average Bonchev–Trinajstić information content (AvgIpc) is 3.52. The maximum atomic E-state index is 14.0. The predicted octanol–water partition coefficient (Wildman–Crippen LogP) is 3.38. The minimum absolute atomic E-state index is 0.0390. The van der Waals surface area contributed by atoms with Crippen molar-refractivity contribution in [3.63, 3.8) is 0 Å². The van der Waals surface area contributed by atoms with E-state index < -0.39 is 11.7 Å². The Balaban J connectivity index is 1.87. The van der Waals surface area contributed by atoms with Gasteiger partial charge in [-0.1, -0.05) is 23.5 Å². The van der Waals surface area contributed by atoms with Crippen LogP contribution in [0.5, 0.6) is 11.6 Å². The summed E-state index contributed by atoms with van der Waals surface area (Å²) in [5, 5.41) is 20.7. The van der Waals surface area contributed by atoms with Crippen LogP contribution in [0.4, 0.5) is 18.3 Å². The number of fused-ring (bicyclic) bond motifs is 1. The van der Waals surface area contributed by atoms with Crippen LogP contribution in [0.1, 0.15) is 21.6 Å². The molecule has 0 fully saturated rings. The standard InChI is InChI=1S/C26H27F3N4O4S/c1-35-10-8-33(9-11-36-2)25-31-24(34)23(38-25)20(16-5-7-22-18(12-16)15-30-32-22)13-17-4-6-19(37-3)14-21(17)26(27,28)29/h4-7,12,14-15,34H,8-11,13H2,1-3H3. The number of alkyl halides is 3. The van der Waals surface area contributed by atoms with E-state index in [1.54, 1.807) is 38.6 Å². The highest BCUT2D eigenvalue weighted by atomic mass is 32.1. The van der Waals surface area contributed by atoms with Crippen LogP contribution >= 0.6 is 11.3 Å². The van der Waals surface area contributed by atoms with Crippen molar-refractivity contribution in [1.82, 2.24) is 4.98 Å². The third-order valence-electron chi connectivity index (χ3n) is 6.00. The van der Waals surface area contributed by atoms with Crippen LogP contribution < -0.4 is 20.2 Å². The van der Waals surface area contributed by atoms with E-state index >= 15 is 0 Å². The largest absolute Gasteiger partial charge is 0.497 e. The molecule has 4 rings (SSSR count). The normalized spacial score (nSPS) is 13.3. The fourth-order valence-electron chi connectivity index (χ4n) is 4.03. The molecule has 1 aliphatic rings. The van der Waals surface area contributed by atoms with Gasteiger partial charge in [0, 0.05) is 39.3 Å². The van der Waals surface area contributed by atoms with Crippen molar-refractivity contribution in [1.29, 1.82) is 0 Å². The fraction of sp³-hybridized carbons (Fsp3) is 0.346. The lowest BCUT2D eigenvalue weighted by Gasteiger charge is -2.20. The van der Waals surface area contributed by atoms with Gasteiger partial charge in [0.15, 0.2) is 5.13 Å². The number of methoxy groups -OCH3 is 3. The number of aromatic nitrogens is 1. The summed E-state index contributed by atoms with van der Waals surface area (Å²) in [6.45, 7) is 1.83. The Morgan fingerprint density at radius 3 is 2.42 bits per heavy atom. The first-order valence-corrected chi connectivity index (χ1v) is 12.5. The second-order valence-electron chi connectivity index (χ2n) is 8.42. The third-order valence-corrected chi connectivity index (χ3v) is 7.17.